The minimum atomic E-state index is -1.41. The van der Waals surface area contributed by atoms with Crippen LogP contribution in [0, 0.1) is 11.6 Å². The Bertz CT molecular complexity index is 364. The fraction of sp³-hybridized carbons (Fsp3) is 0.455. The molecule has 17 heavy (non-hydrogen) atoms. The summed E-state index contributed by atoms with van der Waals surface area (Å²) in [5.41, 5.74) is -0.553. The zero-order chi connectivity index (χ0) is 13.0. The Hall–Kier alpha value is -0.750. The molecule has 1 aromatic carbocycles. The molecule has 6 heteroatoms. The van der Waals surface area contributed by atoms with Gasteiger partial charge in [0, 0.05) is 11.4 Å². The monoisotopic (exact) mass is 266 g/mol. The van der Waals surface area contributed by atoms with Gasteiger partial charge in [-0.1, -0.05) is 0 Å². The Balaban J connectivity index is 2.99. The second-order valence-corrected chi connectivity index (χ2v) is 3.99. The van der Waals surface area contributed by atoms with Gasteiger partial charge in [-0.2, -0.15) is 0 Å². The van der Waals surface area contributed by atoms with Crippen LogP contribution in [0.15, 0.2) is 12.1 Å². The third kappa shape index (κ3) is 3.35. The first kappa shape index (κ1) is 14.3. The number of benzene rings is 1. The minimum Gasteiger partial charge on any atom is -0.391 e. The van der Waals surface area contributed by atoms with Crippen LogP contribution >= 0.6 is 11.6 Å². The van der Waals surface area contributed by atoms with E-state index >= 15 is 0 Å². The zero-order valence-electron chi connectivity index (χ0n) is 8.91. The molecule has 0 aliphatic rings. The number of hydrogen-bond acceptors (Lipinski definition) is 3. The summed E-state index contributed by atoms with van der Waals surface area (Å²) in [7, 11) is 0. The molecule has 0 fully saturated rings. The first-order valence-corrected chi connectivity index (χ1v) is 5.55. The maximum Gasteiger partial charge on any atom is 0.132 e. The van der Waals surface area contributed by atoms with E-state index in [-0.39, 0.29) is 17.9 Å². The Labute approximate surface area is 102 Å². The van der Waals surface area contributed by atoms with Gasteiger partial charge in [0.05, 0.1) is 12.7 Å². The van der Waals surface area contributed by atoms with Crippen LogP contribution in [0.4, 0.5) is 8.78 Å². The number of alkyl halides is 1. The smallest absolute Gasteiger partial charge is 0.132 e. The predicted octanol–water partition coefficient (Wildman–Crippen LogP) is 1.48. The lowest BCUT2D eigenvalue weighted by molar-refractivity contribution is 0.0166. The van der Waals surface area contributed by atoms with Gasteiger partial charge in [0.15, 0.2) is 0 Å². The number of aliphatic hydroxyl groups excluding tert-OH is 3. The van der Waals surface area contributed by atoms with Crippen molar-refractivity contribution in [3.8, 4) is 0 Å². The molecule has 0 saturated heterocycles. The van der Waals surface area contributed by atoms with Crippen molar-refractivity contribution in [2.75, 3.05) is 5.88 Å². The molecule has 96 valence electrons. The fourth-order valence-corrected chi connectivity index (χ4v) is 1.66. The van der Waals surface area contributed by atoms with Crippen molar-refractivity contribution >= 4 is 11.6 Å². The van der Waals surface area contributed by atoms with Gasteiger partial charge in [-0.05, 0) is 24.1 Å². The Kier molecular flexibility index (Phi) is 5.27. The first-order chi connectivity index (χ1) is 8.01. The summed E-state index contributed by atoms with van der Waals surface area (Å²) in [6, 6.07) is 1.77. The SMILES string of the molecule is OCc1c(F)cc(C(O)C(O)CCCl)cc1F. The van der Waals surface area contributed by atoms with Gasteiger partial charge in [0.25, 0.3) is 0 Å². The minimum absolute atomic E-state index is 0.0881. The van der Waals surface area contributed by atoms with Crippen molar-refractivity contribution in [1.82, 2.24) is 0 Å². The summed E-state index contributed by atoms with van der Waals surface area (Å²) >= 11 is 5.39. The van der Waals surface area contributed by atoms with Crippen molar-refractivity contribution in [3.05, 3.63) is 34.9 Å². The molecule has 0 heterocycles. The Morgan fingerprint density at radius 1 is 1.18 bits per heavy atom. The summed E-state index contributed by atoms with van der Waals surface area (Å²) < 4.78 is 26.6. The van der Waals surface area contributed by atoms with E-state index in [9.17, 15) is 19.0 Å². The van der Waals surface area contributed by atoms with Gasteiger partial charge in [-0.3, -0.25) is 0 Å². The van der Waals surface area contributed by atoms with Crippen molar-refractivity contribution in [3.63, 3.8) is 0 Å². The summed E-state index contributed by atoms with van der Waals surface area (Å²) in [4.78, 5) is 0. The summed E-state index contributed by atoms with van der Waals surface area (Å²) in [6.45, 7) is -0.766. The highest BCUT2D eigenvalue weighted by molar-refractivity contribution is 6.17. The van der Waals surface area contributed by atoms with Crippen LogP contribution in [0.5, 0.6) is 0 Å². The van der Waals surface area contributed by atoms with Crippen LogP contribution < -0.4 is 0 Å². The molecule has 2 unspecified atom stereocenters. The molecule has 2 atom stereocenters. The molecule has 1 aromatic rings. The number of aliphatic hydroxyl groups is 3. The van der Waals surface area contributed by atoms with Crippen LogP contribution in [-0.2, 0) is 6.61 Å². The van der Waals surface area contributed by atoms with Gasteiger partial charge in [-0.15, -0.1) is 11.6 Å². The van der Waals surface area contributed by atoms with Crippen molar-refractivity contribution < 1.29 is 24.1 Å². The van der Waals surface area contributed by atoms with Crippen LogP contribution in [0.3, 0.4) is 0 Å². The highest BCUT2D eigenvalue weighted by Gasteiger charge is 2.21. The molecule has 0 aliphatic heterocycles. The summed E-state index contributed by atoms with van der Waals surface area (Å²) in [6.07, 6.45) is -2.50. The standard InChI is InChI=1S/C11H13ClF2O3/c12-2-1-10(16)11(17)6-3-8(13)7(5-15)9(14)4-6/h3-4,10-11,15-17H,1-2,5H2. The second-order valence-electron chi connectivity index (χ2n) is 3.61. The van der Waals surface area contributed by atoms with Gasteiger partial charge in [0.1, 0.15) is 17.7 Å². The molecule has 0 aromatic heterocycles. The van der Waals surface area contributed by atoms with Crippen LogP contribution in [0.1, 0.15) is 23.7 Å². The van der Waals surface area contributed by atoms with Crippen molar-refractivity contribution in [2.24, 2.45) is 0 Å². The van der Waals surface area contributed by atoms with E-state index in [4.69, 9.17) is 16.7 Å². The number of hydrogen-bond donors (Lipinski definition) is 3. The van der Waals surface area contributed by atoms with Crippen molar-refractivity contribution in [1.29, 1.82) is 0 Å². The molecule has 0 bridgehead atoms. The van der Waals surface area contributed by atoms with Gasteiger partial charge in [0.2, 0.25) is 0 Å². The quantitative estimate of drug-likeness (QED) is 0.708. The third-order valence-electron chi connectivity index (χ3n) is 2.43. The van der Waals surface area contributed by atoms with Crippen LogP contribution in [0.25, 0.3) is 0 Å². The lowest BCUT2D eigenvalue weighted by Gasteiger charge is -2.18. The van der Waals surface area contributed by atoms with E-state index in [1.54, 1.807) is 0 Å². The van der Waals surface area contributed by atoms with Gasteiger partial charge < -0.3 is 15.3 Å². The van der Waals surface area contributed by atoms with E-state index in [1.807, 2.05) is 0 Å². The first-order valence-electron chi connectivity index (χ1n) is 5.02. The van der Waals surface area contributed by atoms with Gasteiger partial charge in [-0.25, -0.2) is 8.78 Å². The summed E-state index contributed by atoms with van der Waals surface area (Å²) in [5.74, 6) is -1.79. The largest absolute Gasteiger partial charge is 0.391 e. The van der Waals surface area contributed by atoms with Crippen LogP contribution in [-0.4, -0.2) is 27.3 Å². The molecular weight excluding hydrogens is 254 g/mol. The van der Waals surface area contributed by atoms with Crippen LogP contribution in [0.2, 0.25) is 0 Å². The molecule has 3 N–H and O–H groups in total. The molecule has 0 radical (unpaired) electrons. The highest BCUT2D eigenvalue weighted by Crippen LogP contribution is 2.24. The van der Waals surface area contributed by atoms with E-state index < -0.39 is 36.0 Å². The van der Waals surface area contributed by atoms with Crippen molar-refractivity contribution in [2.45, 2.75) is 25.2 Å². The average molecular weight is 267 g/mol. The molecule has 1 rings (SSSR count). The average Bonchev–Trinajstić information content (AvgIpc) is 2.27. The van der Waals surface area contributed by atoms with Gasteiger partial charge >= 0.3 is 0 Å². The fourth-order valence-electron chi connectivity index (χ4n) is 1.44. The maximum atomic E-state index is 13.3. The third-order valence-corrected chi connectivity index (χ3v) is 2.65. The number of halogens is 3. The molecular formula is C11H13ClF2O3. The normalized spacial score (nSPS) is 14.7. The molecule has 0 spiro atoms. The highest BCUT2D eigenvalue weighted by atomic mass is 35.5. The van der Waals surface area contributed by atoms with E-state index in [1.165, 1.54) is 0 Å². The molecule has 3 nitrogen and oxygen atoms in total. The maximum absolute atomic E-state index is 13.3. The Morgan fingerprint density at radius 2 is 1.71 bits per heavy atom. The van der Waals surface area contributed by atoms with E-state index in [2.05, 4.69) is 0 Å². The predicted molar refractivity (Wildman–Crippen MR) is 58.6 cm³/mol. The second kappa shape index (κ2) is 6.26. The lowest BCUT2D eigenvalue weighted by Crippen LogP contribution is -2.19. The lowest BCUT2D eigenvalue weighted by atomic mass is 10.0. The summed E-state index contributed by atoms with van der Waals surface area (Å²) in [5, 5.41) is 27.8. The topological polar surface area (TPSA) is 60.7 Å². The zero-order valence-corrected chi connectivity index (χ0v) is 9.66. The Morgan fingerprint density at radius 3 is 2.12 bits per heavy atom. The molecule has 0 saturated carbocycles. The molecule has 0 amide bonds. The van der Waals surface area contributed by atoms with E-state index in [0.29, 0.717) is 0 Å². The molecule has 0 aliphatic carbocycles. The van der Waals surface area contributed by atoms with E-state index in [0.717, 1.165) is 12.1 Å². The number of rotatable bonds is 5.